The van der Waals surface area contributed by atoms with Crippen LogP contribution in [0.3, 0.4) is 0 Å². The number of nitrogens with one attached hydrogen (secondary N) is 2. The van der Waals surface area contributed by atoms with Crippen LogP contribution in [0.4, 0.5) is 5.82 Å². The fourth-order valence-electron chi connectivity index (χ4n) is 3.65. The Hall–Kier alpha value is -3.39. The molecule has 0 saturated heterocycles. The highest BCUT2D eigenvalue weighted by atomic mass is 32.2. The molecule has 0 saturated carbocycles. The van der Waals surface area contributed by atoms with Crippen molar-refractivity contribution in [3.63, 3.8) is 0 Å². The quantitative estimate of drug-likeness (QED) is 0.385. The van der Waals surface area contributed by atoms with Gasteiger partial charge in [-0.1, -0.05) is 0 Å². The number of thioether (sulfide) groups is 1. The molecule has 3 aromatic heterocycles. The Labute approximate surface area is 191 Å². The highest BCUT2D eigenvalue weighted by Gasteiger charge is 2.25. The van der Waals surface area contributed by atoms with E-state index in [1.54, 1.807) is 18.9 Å². The molecule has 4 heterocycles. The van der Waals surface area contributed by atoms with Crippen molar-refractivity contribution in [2.24, 2.45) is 14.1 Å². The van der Waals surface area contributed by atoms with Crippen LogP contribution < -0.4 is 21.9 Å². The van der Waals surface area contributed by atoms with Gasteiger partial charge in [-0.25, -0.2) is 14.5 Å². The third-order valence-electron chi connectivity index (χ3n) is 5.33. The van der Waals surface area contributed by atoms with Crippen LogP contribution in [0, 0.1) is 0 Å². The average molecular weight is 477 g/mol. The van der Waals surface area contributed by atoms with Gasteiger partial charge in [-0.15, -0.1) is 0 Å². The maximum Gasteiger partial charge on any atom is 0.332 e. The Kier molecular flexibility index (Phi) is 6.37. The Balaban J connectivity index is 1.57. The third-order valence-corrected chi connectivity index (χ3v) is 6.30. The molecule has 0 fully saturated rings. The molecule has 33 heavy (non-hydrogen) atoms. The Morgan fingerprint density at radius 3 is 2.70 bits per heavy atom. The number of rotatable bonds is 8. The molecule has 0 atom stereocenters. The van der Waals surface area contributed by atoms with Crippen molar-refractivity contribution in [3.05, 3.63) is 38.4 Å². The Morgan fingerprint density at radius 1 is 1.15 bits per heavy atom. The number of aromatic nitrogens is 6. The van der Waals surface area contributed by atoms with Crippen LogP contribution in [0.1, 0.15) is 11.3 Å². The van der Waals surface area contributed by atoms with Gasteiger partial charge in [-0.3, -0.25) is 23.5 Å². The van der Waals surface area contributed by atoms with Crippen molar-refractivity contribution in [3.8, 4) is 0 Å². The van der Waals surface area contributed by atoms with E-state index >= 15 is 0 Å². The summed E-state index contributed by atoms with van der Waals surface area (Å²) < 4.78 is 10.0. The zero-order chi connectivity index (χ0) is 23.7. The Morgan fingerprint density at radius 2 is 1.94 bits per heavy atom. The summed E-state index contributed by atoms with van der Waals surface area (Å²) in [6, 6.07) is 0. The molecule has 0 aliphatic carbocycles. The lowest BCUT2D eigenvalue weighted by Crippen LogP contribution is -2.38. The van der Waals surface area contributed by atoms with Gasteiger partial charge in [0.2, 0.25) is 11.8 Å². The average Bonchev–Trinajstić information content (AvgIpc) is 3.48. The van der Waals surface area contributed by atoms with Gasteiger partial charge < -0.3 is 19.9 Å². The van der Waals surface area contributed by atoms with Crippen LogP contribution in [-0.4, -0.2) is 60.5 Å². The molecular weight excluding hydrogens is 452 g/mol. The maximum atomic E-state index is 12.9. The Bertz CT molecular complexity index is 1350. The number of hydrogen-bond donors (Lipinski definition) is 2. The standard InChI is InChI=1S/C19H24N8O5S/c1-24-17-15(18(30)25(2)19(24)31)26(10-21-17)6-14(29)22-16-11-8-33-9-12(11)23-27(16)7-13(28)20-4-5-32-3/h10H,4-9H2,1-3H3,(H,20,28)(H,22,29). The van der Waals surface area contributed by atoms with Crippen LogP contribution >= 0.6 is 11.8 Å². The van der Waals surface area contributed by atoms with E-state index in [4.69, 9.17) is 4.74 Å². The molecule has 0 aromatic carbocycles. The minimum atomic E-state index is -0.534. The van der Waals surface area contributed by atoms with Crippen LogP contribution in [0.25, 0.3) is 11.2 Å². The highest BCUT2D eigenvalue weighted by Crippen LogP contribution is 2.34. The molecule has 2 N–H and O–H groups in total. The molecule has 0 unspecified atom stereocenters. The van der Waals surface area contributed by atoms with Crippen molar-refractivity contribution in [2.75, 3.05) is 25.6 Å². The van der Waals surface area contributed by atoms with Crippen molar-refractivity contribution < 1.29 is 14.3 Å². The first-order valence-electron chi connectivity index (χ1n) is 10.1. The van der Waals surface area contributed by atoms with Gasteiger partial charge in [0.15, 0.2) is 11.2 Å². The first kappa shape index (κ1) is 22.8. The largest absolute Gasteiger partial charge is 0.383 e. The van der Waals surface area contributed by atoms with Crippen molar-refractivity contribution in [1.29, 1.82) is 0 Å². The maximum absolute atomic E-state index is 12.9. The second kappa shape index (κ2) is 9.23. The first-order chi connectivity index (χ1) is 15.8. The van der Waals surface area contributed by atoms with E-state index in [-0.39, 0.29) is 30.2 Å². The number of aryl methyl sites for hydroxylation is 1. The van der Waals surface area contributed by atoms with E-state index in [0.29, 0.717) is 30.5 Å². The minimum absolute atomic E-state index is 0.0480. The predicted octanol–water partition coefficient (Wildman–Crippen LogP) is -1.22. The van der Waals surface area contributed by atoms with Crippen LogP contribution in [0.15, 0.2) is 15.9 Å². The minimum Gasteiger partial charge on any atom is -0.383 e. The number of carbonyl (C=O) groups is 2. The van der Waals surface area contributed by atoms with Gasteiger partial charge in [0, 0.05) is 44.8 Å². The highest BCUT2D eigenvalue weighted by molar-refractivity contribution is 7.98. The van der Waals surface area contributed by atoms with Gasteiger partial charge in [-0.2, -0.15) is 16.9 Å². The molecule has 2 amide bonds. The summed E-state index contributed by atoms with van der Waals surface area (Å²) in [5.41, 5.74) is 1.03. The number of methoxy groups -OCH3 is 1. The summed E-state index contributed by atoms with van der Waals surface area (Å²) in [6.45, 7) is 0.523. The summed E-state index contributed by atoms with van der Waals surface area (Å²) in [7, 11) is 4.44. The van der Waals surface area contributed by atoms with Crippen LogP contribution in [-0.2, 0) is 53.0 Å². The number of nitrogens with zero attached hydrogens (tertiary/aromatic N) is 6. The second-order valence-electron chi connectivity index (χ2n) is 7.57. The van der Waals surface area contributed by atoms with E-state index in [9.17, 15) is 19.2 Å². The molecule has 0 bridgehead atoms. The molecule has 13 nitrogen and oxygen atoms in total. The van der Waals surface area contributed by atoms with E-state index < -0.39 is 17.2 Å². The van der Waals surface area contributed by atoms with Gasteiger partial charge >= 0.3 is 5.69 Å². The fourth-order valence-corrected chi connectivity index (χ4v) is 4.68. The molecule has 4 rings (SSSR count). The number of hydrogen-bond acceptors (Lipinski definition) is 8. The topological polar surface area (TPSA) is 147 Å². The van der Waals surface area contributed by atoms with Crippen molar-refractivity contribution in [1.82, 2.24) is 33.8 Å². The van der Waals surface area contributed by atoms with Gasteiger partial charge in [-0.05, 0) is 0 Å². The molecular formula is C19H24N8O5S. The lowest BCUT2D eigenvalue weighted by Gasteiger charge is -2.12. The van der Waals surface area contributed by atoms with E-state index in [1.807, 2.05) is 0 Å². The summed E-state index contributed by atoms with van der Waals surface area (Å²) in [5, 5.41) is 10.1. The fraction of sp³-hybridized carbons (Fsp3) is 0.474. The number of amides is 2. The van der Waals surface area contributed by atoms with E-state index in [0.717, 1.165) is 15.8 Å². The third kappa shape index (κ3) is 4.30. The number of fused-ring (bicyclic) bond motifs is 2. The van der Waals surface area contributed by atoms with E-state index in [1.165, 1.54) is 34.2 Å². The van der Waals surface area contributed by atoms with Gasteiger partial charge in [0.1, 0.15) is 18.9 Å². The molecule has 1 aliphatic heterocycles. The summed E-state index contributed by atoms with van der Waals surface area (Å²) >= 11 is 1.67. The van der Waals surface area contributed by atoms with Crippen molar-refractivity contribution in [2.45, 2.75) is 24.6 Å². The smallest absolute Gasteiger partial charge is 0.332 e. The second-order valence-corrected chi connectivity index (χ2v) is 8.55. The molecule has 14 heteroatoms. The predicted molar refractivity (Wildman–Crippen MR) is 121 cm³/mol. The number of imidazole rings is 1. The van der Waals surface area contributed by atoms with Gasteiger partial charge in [0.25, 0.3) is 5.56 Å². The number of carbonyl (C=O) groups excluding carboxylic acids is 2. The molecule has 3 aromatic rings. The number of ether oxygens (including phenoxy) is 1. The molecule has 0 spiro atoms. The lowest BCUT2D eigenvalue weighted by atomic mass is 10.3. The molecule has 176 valence electrons. The summed E-state index contributed by atoms with van der Waals surface area (Å²) in [4.78, 5) is 54.0. The van der Waals surface area contributed by atoms with Crippen molar-refractivity contribution >= 4 is 40.6 Å². The molecule has 0 radical (unpaired) electrons. The van der Waals surface area contributed by atoms with Crippen LogP contribution in [0.5, 0.6) is 0 Å². The molecule has 1 aliphatic rings. The summed E-state index contributed by atoms with van der Waals surface area (Å²) in [5.74, 6) is 1.18. The zero-order valence-corrected chi connectivity index (χ0v) is 19.3. The normalized spacial score (nSPS) is 12.8. The monoisotopic (exact) mass is 476 g/mol. The van der Waals surface area contributed by atoms with Gasteiger partial charge in [0.05, 0.1) is 18.6 Å². The zero-order valence-electron chi connectivity index (χ0n) is 18.5. The van der Waals surface area contributed by atoms with E-state index in [2.05, 4.69) is 20.7 Å². The SMILES string of the molecule is COCCNC(=O)Cn1nc2c(c1NC(=O)Cn1cnc3c1c(=O)n(C)c(=O)n3C)CSC2. The van der Waals surface area contributed by atoms with Crippen LogP contribution in [0.2, 0.25) is 0 Å². The first-order valence-corrected chi connectivity index (χ1v) is 11.3. The summed E-state index contributed by atoms with van der Waals surface area (Å²) in [6.07, 6.45) is 1.35. The number of anilines is 1. The lowest BCUT2D eigenvalue weighted by molar-refractivity contribution is -0.122.